The van der Waals surface area contributed by atoms with E-state index in [0.717, 1.165) is 12.0 Å². The van der Waals surface area contributed by atoms with Gasteiger partial charge in [-0.2, -0.15) is 13.2 Å². The molecular formula is C16H22F3NO3. The van der Waals surface area contributed by atoms with Crippen molar-refractivity contribution in [2.45, 2.75) is 38.9 Å². The lowest BCUT2D eigenvalue weighted by Crippen LogP contribution is -2.64. The van der Waals surface area contributed by atoms with Gasteiger partial charge in [0.15, 0.2) is 5.78 Å². The highest BCUT2D eigenvalue weighted by molar-refractivity contribution is 6.02. The molecule has 130 valence electrons. The molecule has 1 heterocycles. The van der Waals surface area contributed by atoms with Crippen LogP contribution in [0.5, 0.6) is 0 Å². The number of carbonyl (C=O) groups excluding carboxylic acids is 2. The normalized spacial score (nSPS) is 23.2. The van der Waals surface area contributed by atoms with Gasteiger partial charge >= 0.3 is 12.1 Å². The van der Waals surface area contributed by atoms with E-state index < -0.39 is 29.5 Å². The largest absolute Gasteiger partial charge is 0.467 e. The van der Waals surface area contributed by atoms with Gasteiger partial charge in [-0.1, -0.05) is 33.4 Å². The van der Waals surface area contributed by atoms with E-state index in [-0.39, 0.29) is 17.9 Å². The number of halogens is 3. The van der Waals surface area contributed by atoms with Crippen LogP contribution in [-0.2, 0) is 14.3 Å². The molecule has 1 aliphatic rings. The molecule has 0 spiro atoms. The molecule has 0 saturated carbocycles. The number of esters is 1. The van der Waals surface area contributed by atoms with Gasteiger partial charge in [-0.3, -0.25) is 9.69 Å². The number of nitrogens with zero attached hydrogens (tertiary/aromatic N) is 1. The lowest BCUT2D eigenvalue weighted by molar-refractivity contribution is -0.236. The van der Waals surface area contributed by atoms with Crippen molar-refractivity contribution >= 4 is 11.8 Å². The summed E-state index contributed by atoms with van der Waals surface area (Å²) in [6.45, 7) is 8.63. The summed E-state index contributed by atoms with van der Waals surface area (Å²) in [5, 5.41) is 0. The minimum absolute atomic E-state index is 0.171. The van der Waals surface area contributed by atoms with E-state index in [0.29, 0.717) is 5.57 Å². The number of carbonyl (C=O) groups is 2. The second-order valence-corrected chi connectivity index (χ2v) is 6.70. The van der Waals surface area contributed by atoms with Crippen LogP contribution in [0, 0.1) is 5.41 Å². The topological polar surface area (TPSA) is 46.6 Å². The molecule has 1 aliphatic heterocycles. The molecule has 4 nitrogen and oxygen atoms in total. The highest BCUT2D eigenvalue weighted by Crippen LogP contribution is 2.42. The second-order valence-electron chi connectivity index (χ2n) is 6.70. The number of alkyl halides is 3. The zero-order valence-corrected chi connectivity index (χ0v) is 14.0. The maximum Gasteiger partial charge on any atom is 0.417 e. The first-order valence-corrected chi connectivity index (χ1v) is 7.08. The van der Waals surface area contributed by atoms with Gasteiger partial charge < -0.3 is 4.74 Å². The number of methoxy groups -OCH3 is 1. The summed E-state index contributed by atoms with van der Waals surface area (Å²) in [7, 11) is 2.11. The molecule has 0 aromatic heterocycles. The number of ketones is 1. The van der Waals surface area contributed by atoms with E-state index in [2.05, 4.69) is 11.3 Å². The standard InChI is InChI=1S/C16H22F3NO3/c1-10(12(21)14(2,3)4)11-7-8-15(13(22)23-6,16(17,18)19)20(5)9-11/h7H,1,8-9H2,2-6H3. The van der Waals surface area contributed by atoms with Crippen molar-refractivity contribution in [3.8, 4) is 0 Å². The Morgan fingerprint density at radius 2 is 1.83 bits per heavy atom. The minimum Gasteiger partial charge on any atom is -0.467 e. The molecule has 0 fully saturated rings. The van der Waals surface area contributed by atoms with Crippen LogP contribution < -0.4 is 0 Å². The number of Topliss-reactive ketones (excluding diaryl/α,β-unsaturated/α-hetero) is 1. The summed E-state index contributed by atoms with van der Waals surface area (Å²) in [6.07, 6.45) is -4.16. The Morgan fingerprint density at radius 3 is 2.17 bits per heavy atom. The van der Waals surface area contributed by atoms with Crippen molar-refractivity contribution in [1.82, 2.24) is 4.90 Å². The van der Waals surface area contributed by atoms with Gasteiger partial charge in [0.1, 0.15) is 0 Å². The van der Waals surface area contributed by atoms with Gasteiger partial charge in [0, 0.05) is 24.0 Å². The van der Waals surface area contributed by atoms with Crippen LogP contribution in [-0.4, -0.2) is 49.1 Å². The molecule has 0 amide bonds. The third-order valence-corrected chi connectivity index (χ3v) is 4.04. The Morgan fingerprint density at radius 1 is 1.30 bits per heavy atom. The Labute approximate surface area is 134 Å². The predicted molar refractivity (Wildman–Crippen MR) is 79.7 cm³/mol. The van der Waals surface area contributed by atoms with Crippen molar-refractivity contribution in [3.63, 3.8) is 0 Å². The van der Waals surface area contributed by atoms with Gasteiger partial charge in [-0.25, -0.2) is 4.79 Å². The third-order valence-electron chi connectivity index (χ3n) is 4.04. The quantitative estimate of drug-likeness (QED) is 0.588. The van der Waals surface area contributed by atoms with Crippen LogP contribution >= 0.6 is 0 Å². The number of ether oxygens (including phenoxy) is 1. The van der Waals surface area contributed by atoms with Gasteiger partial charge in [0.2, 0.25) is 5.54 Å². The average Bonchev–Trinajstić information content (AvgIpc) is 2.42. The molecule has 0 radical (unpaired) electrons. The van der Waals surface area contributed by atoms with Gasteiger partial charge in [0.05, 0.1) is 7.11 Å². The number of hydrogen-bond donors (Lipinski definition) is 0. The fourth-order valence-electron chi connectivity index (χ4n) is 2.55. The molecular weight excluding hydrogens is 311 g/mol. The van der Waals surface area contributed by atoms with E-state index >= 15 is 0 Å². The van der Waals surface area contributed by atoms with E-state index in [4.69, 9.17) is 0 Å². The first kappa shape index (κ1) is 19.4. The molecule has 1 unspecified atom stereocenters. The van der Waals surface area contributed by atoms with Crippen LogP contribution in [0.4, 0.5) is 13.2 Å². The zero-order chi connectivity index (χ0) is 18.2. The van der Waals surface area contributed by atoms with Gasteiger partial charge in [0.25, 0.3) is 0 Å². The van der Waals surface area contributed by atoms with Crippen LogP contribution in [0.2, 0.25) is 0 Å². The molecule has 0 N–H and O–H groups in total. The van der Waals surface area contributed by atoms with Crippen LogP contribution in [0.3, 0.4) is 0 Å². The minimum atomic E-state index is -4.80. The molecule has 1 atom stereocenters. The molecule has 0 saturated heterocycles. The van der Waals surface area contributed by atoms with Crippen molar-refractivity contribution in [3.05, 3.63) is 23.8 Å². The summed E-state index contributed by atoms with van der Waals surface area (Å²) in [5.41, 5.74) is -2.85. The maximum absolute atomic E-state index is 13.5. The van der Waals surface area contributed by atoms with Crippen LogP contribution in [0.15, 0.2) is 23.8 Å². The Bertz CT molecular complexity index is 558. The van der Waals surface area contributed by atoms with Crippen LogP contribution in [0.25, 0.3) is 0 Å². The zero-order valence-electron chi connectivity index (χ0n) is 14.0. The van der Waals surface area contributed by atoms with E-state index in [9.17, 15) is 22.8 Å². The fourth-order valence-corrected chi connectivity index (χ4v) is 2.55. The third kappa shape index (κ3) is 3.34. The summed E-state index contributed by atoms with van der Waals surface area (Å²) in [5.74, 6) is -1.61. The second kappa shape index (κ2) is 6.11. The van der Waals surface area contributed by atoms with E-state index in [1.165, 1.54) is 13.1 Å². The van der Waals surface area contributed by atoms with E-state index in [1.54, 1.807) is 20.8 Å². The fraction of sp³-hybridized carbons (Fsp3) is 0.625. The number of hydrogen-bond acceptors (Lipinski definition) is 4. The smallest absolute Gasteiger partial charge is 0.417 e. The number of rotatable bonds is 3. The van der Waals surface area contributed by atoms with E-state index in [1.807, 2.05) is 0 Å². The lowest BCUT2D eigenvalue weighted by Gasteiger charge is -2.43. The lowest BCUT2D eigenvalue weighted by atomic mass is 9.80. The highest BCUT2D eigenvalue weighted by atomic mass is 19.4. The first-order chi connectivity index (χ1) is 10.3. The molecule has 0 bridgehead atoms. The molecule has 0 aliphatic carbocycles. The summed E-state index contributed by atoms with van der Waals surface area (Å²) in [6, 6.07) is 0. The highest BCUT2D eigenvalue weighted by Gasteiger charge is 2.64. The molecule has 23 heavy (non-hydrogen) atoms. The molecule has 0 aromatic carbocycles. The first-order valence-electron chi connectivity index (χ1n) is 7.08. The van der Waals surface area contributed by atoms with Crippen molar-refractivity contribution < 1.29 is 27.5 Å². The van der Waals surface area contributed by atoms with Crippen molar-refractivity contribution in [1.29, 1.82) is 0 Å². The molecule has 0 aromatic rings. The Hall–Kier alpha value is -1.63. The van der Waals surface area contributed by atoms with Crippen LogP contribution in [0.1, 0.15) is 27.2 Å². The maximum atomic E-state index is 13.5. The van der Waals surface area contributed by atoms with Crippen molar-refractivity contribution in [2.75, 3.05) is 20.7 Å². The monoisotopic (exact) mass is 333 g/mol. The molecule has 7 heteroatoms. The SMILES string of the molecule is C=C(C(=O)C(C)(C)C)C1=CCC(C(=O)OC)(C(F)(F)F)N(C)C1. The number of likely N-dealkylation sites (N-methyl/N-ethyl adjacent to an activating group) is 1. The van der Waals surface area contributed by atoms with Crippen molar-refractivity contribution in [2.24, 2.45) is 5.41 Å². The molecule has 1 rings (SSSR count). The summed E-state index contributed by atoms with van der Waals surface area (Å²) >= 11 is 0. The van der Waals surface area contributed by atoms with Gasteiger partial charge in [-0.15, -0.1) is 0 Å². The Kier molecular flexibility index (Phi) is 5.16. The summed E-state index contributed by atoms with van der Waals surface area (Å²) in [4.78, 5) is 24.9. The predicted octanol–water partition coefficient (Wildman–Crippen LogP) is 2.89. The average molecular weight is 333 g/mol. The summed E-state index contributed by atoms with van der Waals surface area (Å²) < 4.78 is 44.9. The Balaban J connectivity index is 3.22. The van der Waals surface area contributed by atoms with Gasteiger partial charge in [-0.05, 0) is 12.6 Å².